The maximum Gasteiger partial charge on any atom is 0.0594 e. The van der Waals surface area contributed by atoms with Crippen LogP contribution in [0.25, 0.3) is 0 Å². The minimum Gasteiger partial charge on any atom is -0.390 e. The lowest BCUT2D eigenvalue weighted by atomic mass is 9.99. The van der Waals surface area contributed by atoms with Crippen LogP contribution in [0.4, 0.5) is 0 Å². The van der Waals surface area contributed by atoms with Crippen LogP contribution in [0.3, 0.4) is 0 Å². The summed E-state index contributed by atoms with van der Waals surface area (Å²) >= 11 is 0. The van der Waals surface area contributed by atoms with Crippen molar-refractivity contribution in [3.8, 4) is 0 Å². The van der Waals surface area contributed by atoms with Crippen molar-refractivity contribution in [2.75, 3.05) is 0 Å². The van der Waals surface area contributed by atoms with E-state index < -0.39 is 5.60 Å². The number of hydrogen-bond acceptors (Lipinski definition) is 1. The highest BCUT2D eigenvalue weighted by molar-refractivity contribution is 5.13. The van der Waals surface area contributed by atoms with Gasteiger partial charge in [0.15, 0.2) is 0 Å². The van der Waals surface area contributed by atoms with Gasteiger partial charge in [-0.2, -0.15) is 0 Å². The highest BCUT2D eigenvalue weighted by Gasteiger charge is 2.11. The maximum absolute atomic E-state index is 9.47. The molecule has 0 atom stereocenters. The van der Waals surface area contributed by atoms with E-state index in [1.165, 1.54) is 5.56 Å². The minimum absolute atomic E-state index is 0.560. The quantitative estimate of drug-likeness (QED) is 0.724. The van der Waals surface area contributed by atoms with Gasteiger partial charge in [0.1, 0.15) is 0 Å². The van der Waals surface area contributed by atoms with E-state index in [0.29, 0.717) is 0 Å². The van der Waals surface area contributed by atoms with Crippen molar-refractivity contribution in [2.24, 2.45) is 0 Å². The Balaban J connectivity index is 2.44. The van der Waals surface area contributed by atoms with Crippen molar-refractivity contribution in [1.82, 2.24) is 0 Å². The largest absolute Gasteiger partial charge is 0.390 e. The van der Waals surface area contributed by atoms with E-state index >= 15 is 0 Å². The molecule has 1 nitrogen and oxygen atoms in total. The summed E-state index contributed by atoms with van der Waals surface area (Å²) in [5, 5.41) is 9.47. The summed E-state index contributed by atoms with van der Waals surface area (Å²) in [7, 11) is 0. The van der Waals surface area contributed by atoms with Gasteiger partial charge in [-0.05, 0) is 38.3 Å². The lowest BCUT2D eigenvalue weighted by molar-refractivity contribution is 0.0714. The lowest BCUT2D eigenvalue weighted by Gasteiger charge is -2.16. The molecule has 0 saturated heterocycles. The third kappa shape index (κ3) is 3.54. The predicted octanol–water partition coefficient (Wildman–Crippen LogP) is 2.19. The molecule has 0 aromatic heterocycles. The Morgan fingerprint density at radius 3 is 2.75 bits per heavy atom. The fourth-order valence-electron chi connectivity index (χ4n) is 1.04. The van der Waals surface area contributed by atoms with E-state index in [4.69, 9.17) is 0 Å². The summed E-state index contributed by atoms with van der Waals surface area (Å²) < 4.78 is 0. The highest BCUT2D eigenvalue weighted by atomic mass is 16.3. The fourth-order valence-corrected chi connectivity index (χ4v) is 1.04. The third-order valence-electron chi connectivity index (χ3n) is 1.80. The van der Waals surface area contributed by atoms with E-state index in [2.05, 4.69) is 12.1 Å². The zero-order valence-electron chi connectivity index (χ0n) is 7.67. The molecule has 0 aliphatic heterocycles. The molecule has 65 valence electrons. The second kappa shape index (κ2) is 3.72. The molecular formula is C11H15O. The number of aliphatic hydroxyl groups is 1. The Kier molecular flexibility index (Phi) is 2.88. The summed E-state index contributed by atoms with van der Waals surface area (Å²) in [4.78, 5) is 0. The van der Waals surface area contributed by atoms with Crippen LogP contribution < -0.4 is 0 Å². The van der Waals surface area contributed by atoms with Crippen LogP contribution in [0.2, 0.25) is 0 Å². The molecule has 0 heterocycles. The van der Waals surface area contributed by atoms with Crippen LogP contribution in [-0.2, 0) is 6.42 Å². The summed E-state index contributed by atoms with van der Waals surface area (Å²) in [5.41, 5.74) is 0.676. The van der Waals surface area contributed by atoms with Gasteiger partial charge in [-0.3, -0.25) is 0 Å². The molecule has 0 aliphatic carbocycles. The molecule has 1 heteroatoms. The van der Waals surface area contributed by atoms with Gasteiger partial charge in [0.05, 0.1) is 5.60 Å². The summed E-state index contributed by atoms with van der Waals surface area (Å²) in [6.45, 7) is 3.67. The molecule has 1 rings (SSSR count). The van der Waals surface area contributed by atoms with Gasteiger partial charge < -0.3 is 5.11 Å². The Bertz CT molecular complexity index is 221. The molecule has 1 aromatic rings. The number of aryl methyl sites for hydroxylation is 1. The van der Waals surface area contributed by atoms with Crippen molar-refractivity contribution >= 4 is 0 Å². The first-order chi connectivity index (χ1) is 5.58. The Morgan fingerprint density at radius 2 is 2.25 bits per heavy atom. The van der Waals surface area contributed by atoms with E-state index in [-0.39, 0.29) is 0 Å². The van der Waals surface area contributed by atoms with Crippen LogP contribution in [0, 0.1) is 6.07 Å². The van der Waals surface area contributed by atoms with E-state index in [9.17, 15) is 5.11 Å². The Hall–Kier alpha value is -0.820. The highest BCUT2D eigenvalue weighted by Crippen LogP contribution is 2.12. The summed E-state index contributed by atoms with van der Waals surface area (Å²) in [6, 6.07) is 10.9. The normalized spacial score (nSPS) is 11.6. The molecule has 0 bridgehead atoms. The molecule has 1 N–H and O–H groups in total. The topological polar surface area (TPSA) is 20.2 Å². The number of hydrogen-bond donors (Lipinski definition) is 1. The van der Waals surface area contributed by atoms with Gasteiger partial charge in [-0.25, -0.2) is 0 Å². The average molecular weight is 163 g/mol. The lowest BCUT2D eigenvalue weighted by Crippen LogP contribution is -2.19. The average Bonchev–Trinajstić information content (AvgIpc) is 2.02. The zero-order chi connectivity index (χ0) is 9.03. The van der Waals surface area contributed by atoms with Crippen molar-refractivity contribution in [3.05, 3.63) is 35.9 Å². The summed E-state index contributed by atoms with van der Waals surface area (Å²) in [6.07, 6.45) is 1.71. The van der Waals surface area contributed by atoms with Crippen molar-refractivity contribution < 1.29 is 5.11 Å². The van der Waals surface area contributed by atoms with Gasteiger partial charge in [0.2, 0.25) is 0 Å². The van der Waals surface area contributed by atoms with E-state index in [1.54, 1.807) is 0 Å². The van der Waals surface area contributed by atoms with Gasteiger partial charge in [-0.1, -0.05) is 24.3 Å². The van der Waals surface area contributed by atoms with Gasteiger partial charge >= 0.3 is 0 Å². The first kappa shape index (κ1) is 9.27. The van der Waals surface area contributed by atoms with Gasteiger partial charge in [0.25, 0.3) is 0 Å². The second-order valence-corrected chi connectivity index (χ2v) is 3.72. The molecule has 0 amide bonds. The molecule has 12 heavy (non-hydrogen) atoms. The first-order valence-electron chi connectivity index (χ1n) is 4.25. The number of benzene rings is 1. The Labute approximate surface area is 74.1 Å². The van der Waals surface area contributed by atoms with Crippen LogP contribution in [0.1, 0.15) is 25.8 Å². The monoisotopic (exact) mass is 163 g/mol. The smallest absolute Gasteiger partial charge is 0.0594 e. The van der Waals surface area contributed by atoms with Gasteiger partial charge in [-0.15, -0.1) is 0 Å². The molecule has 0 aliphatic rings. The fraction of sp³-hybridized carbons (Fsp3) is 0.455. The molecular weight excluding hydrogens is 148 g/mol. The molecule has 1 aromatic carbocycles. The molecule has 0 unspecified atom stereocenters. The standard InChI is InChI=1S/C11H15O/c1-11(2,12)9-8-10-6-4-3-5-7-10/h3-4,6-7,12H,8-9H2,1-2H3. The van der Waals surface area contributed by atoms with Gasteiger partial charge in [0, 0.05) is 0 Å². The van der Waals surface area contributed by atoms with Crippen LogP contribution in [0.15, 0.2) is 24.3 Å². The zero-order valence-corrected chi connectivity index (χ0v) is 7.67. The molecule has 0 saturated carbocycles. The van der Waals surface area contributed by atoms with E-state index in [1.807, 2.05) is 32.0 Å². The first-order valence-corrected chi connectivity index (χ1v) is 4.25. The Morgan fingerprint density at radius 1 is 1.50 bits per heavy atom. The van der Waals surface area contributed by atoms with Crippen LogP contribution in [0.5, 0.6) is 0 Å². The number of rotatable bonds is 3. The molecule has 0 spiro atoms. The summed E-state index contributed by atoms with van der Waals surface area (Å²) in [5.74, 6) is 0. The SMILES string of the molecule is CC(C)(O)CCc1c[c]ccc1. The molecule has 0 fully saturated rings. The van der Waals surface area contributed by atoms with Crippen molar-refractivity contribution in [3.63, 3.8) is 0 Å². The van der Waals surface area contributed by atoms with E-state index in [0.717, 1.165) is 12.8 Å². The predicted molar refractivity (Wildman–Crippen MR) is 49.9 cm³/mol. The second-order valence-electron chi connectivity index (χ2n) is 3.72. The maximum atomic E-state index is 9.47. The third-order valence-corrected chi connectivity index (χ3v) is 1.80. The van der Waals surface area contributed by atoms with Crippen LogP contribution in [-0.4, -0.2) is 10.7 Å². The van der Waals surface area contributed by atoms with Crippen molar-refractivity contribution in [2.45, 2.75) is 32.3 Å². The van der Waals surface area contributed by atoms with Crippen LogP contribution >= 0.6 is 0 Å². The van der Waals surface area contributed by atoms with Crippen molar-refractivity contribution in [1.29, 1.82) is 0 Å². The minimum atomic E-state index is -0.560. The molecule has 1 radical (unpaired) electrons.